The molecule has 0 N–H and O–H groups in total. The fraction of sp³-hybridized carbons (Fsp3) is 0.370. The van der Waals surface area contributed by atoms with Crippen LogP contribution in [0.3, 0.4) is 0 Å². The first-order valence-corrected chi connectivity index (χ1v) is 11.9. The van der Waals surface area contributed by atoms with Crippen LogP contribution in [-0.4, -0.2) is 52.2 Å². The number of benzene rings is 1. The second-order valence-corrected chi connectivity index (χ2v) is 11.1. The predicted molar refractivity (Wildman–Crippen MR) is 134 cm³/mol. The number of pyridine rings is 1. The van der Waals surface area contributed by atoms with Gasteiger partial charge in [0.2, 0.25) is 0 Å². The molecular formula is C27H27FN4O4. The van der Waals surface area contributed by atoms with Crippen LogP contribution in [0.15, 0.2) is 51.9 Å². The molecule has 2 fully saturated rings. The van der Waals surface area contributed by atoms with Crippen LogP contribution in [0.25, 0.3) is 27.7 Å². The monoisotopic (exact) mass is 490 g/mol. The number of rotatable bonds is 2. The quantitative estimate of drug-likeness (QED) is 0.382. The van der Waals surface area contributed by atoms with E-state index in [1.807, 2.05) is 39.0 Å². The van der Waals surface area contributed by atoms with Gasteiger partial charge in [-0.05, 0) is 52.0 Å². The number of nitrogens with zero attached hydrogens (tertiary/aromatic N) is 4. The Morgan fingerprint density at radius 2 is 1.86 bits per heavy atom. The lowest BCUT2D eigenvalue weighted by molar-refractivity contribution is -0.0452. The Balaban J connectivity index is 1.19. The lowest BCUT2D eigenvalue weighted by Crippen LogP contribution is -2.73. The fourth-order valence-corrected chi connectivity index (χ4v) is 5.19. The largest absolute Gasteiger partial charge is 0.444 e. The average Bonchev–Trinajstić information content (AvgIpc) is 3.10. The van der Waals surface area contributed by atoms with E-state index in [0.29, 0.717) is 35.5 Å². The average molecular weight is 491 g/mol. The van der Waals surface area contributed by atoms with Gasteiger partial charge in [-0.2, -0.15) is 0 Å². The highest BCUT2D eigenvalue weighted by molar-refractivity contribution is 5.85. The van der Waals surface area contributed by atoms with Crippen molar-refractivity contribution in [2.24, 2.45) is 5.41 Å². The first kappa shape index (κ1) is 22.6. The van der Waals surface area contributed by atoms with Crippen molar-refractivity contribution in [1.82, 2.24) is 14.3 Å². The molecule has 8 nitrogen and oxygen atoms in total. The second-order valence-electron chi connectivity index (χ2n) is 11.1. The zero-order chi connectivity index (χ0) is 25.4. The molecule has 2 saturated heterocycles. The van der Waals surface area contributed by atoms with E-state index in [-0.39, 0.29) is 17.2 Å². The number of fused-ring (bicyclic) bond motifs is 2. The summed E-state index contributed by atoms with van der Waals surface area (Å²) in [5.41, 5.74) is 2.14. The Morgan fingerprint density at radius 3 is 2.58 bits per heavy atom. The van der Waals surface area contributed by atoms with Gasteiger partial charge in [-0.15, -0.1) is 0 Å². The maximum absolute atomic E-state index is 14.6. The number of amides is 1. The van der Waals surface area contributed by atoms with Crippen LogP contribution in [0.4, 0.5) is 14.9 Å². The van der Waals surface area contributed by atoms with E-state index in [2.05, 4.69) is 9.88 Å². The molecule has 5 heterocycles. The number of carbonyl (C=O) groups is 1. The summed E-state index contributed by atoms with van der Waals surface area (Å²) >= 11 is 0. The van der Waals surface area contributed by atoms with Gasteiger partial charge in [0.15, 0.2) is 11.5 Å². The normalized spacial score (nSPS) is 16.9. The predicted octanol–water partition coefficient (Wildman–Crippen LogP) is 4.61. The summed E-state index contributed by atoms with van der Waals surface area (Å²) in [6.45, 7) is 10.4. The molecule has 2 aliphatic rings. The highest BCUT2D eigenvalue weighted by atomic mass is 19.1. The first-order chi connectivity index (χ1) is 17.0. The van der Waals surface area contributed by atoms with Crippen LogP contribution in [-0.2, 0) is 4.74 Å². The molecule has 4 aromatic rings. The van der Waals surface area contributed by atoms with Crippen LogP contribution >= 0.6 is 0 Å². The number of ether oxygens (including phenoxy) is 1. The van der Waals surface area contributed by atoms with Gasteiger partial charge >= 0.3 is 11.7 Å². The highest BCUT2D eigenvalue weighted by Crippen LogP contribution is 2.43. The van der Waals surface area contributed by atoms with Crippen molar-refractivity contribution in [3.05, 3.63) is 64.7 Å². The van der Waals surface area contributed by atoms with Crippen molar-refractivity contribution in [2.75, 3.05) is 31.1 Å². The molecule has 2 aliphatic heterocycles. The molecule has 6 rings (SSSR count). The molecule has 1 spiro atoms. The summed E-state index contributed by atoms with van der Waals surface area (Å²) < 4.78 is 27.2. The lowest BCUT2D eigenvalue weighted by Gasteiger charge is -2.60. The Labute approximate surface area is 206 Å². The highest BCUT2D eigenvalue weighted by Gasteiger charge is 2.54. The molecule has 36 heavy (non-hydrogen) atoms. The number of aryl methyl sites for hydroxylation is 1. The maximum Gasteiger partial charge on any atom is 0.410 e. The minimum absolute atomic E-state index is 0.0882. The van der Waals surface area contributed by atoms with Crippen LogP contribution in [0.2, 0.25) is 0 Å². The van der Waals surface area contributed by atoms with E-state index >= 15 is 0 Å². The van der Waals surface area contributed by atoms with E-state index in [1.165, 1.54) is 6.07 Å². The Morgan fingerprint density at radius 1 is 1.11 bits per heavy atom. The summed E-state index contributed by atoms with van der Waals surface area (Å²) in [5.74, 6) is -0.497. The van der Waals surface area contributed by atoms with Crippen molar-refractivity contribution >= 4 is 28.4 Å². The van der Waals surface area contributed by atoms with E-state index in [4.69, 9.17) is 9.15 Å². The number of halogens is 1. The molecular weight excluding hydrogens is 463 g/mol. The molecule has 0 bridgehead atoms. The van der Waals surface area contributed by atoms with Crippen molar-refractivity contribution in [1.29, 1.82) is 0 Å². The number of likely N-dealkylation sites (tertiary alicyclic amines) is 1. The van der Waals surface area contributed by atoms with Gasteiger partial charge in [0.1, 0.15) is 11.2 Å². The van der Waals surface area contributed by atoms with Crippen LogP contribution < -0.4 is 10.5 Å². The topological polar surface area (TPSA) is 80.3 Å². The van der Waals surface area contributed by atoms with Crippen molar-refractivity contribution in [2.45, 2.75) is 33.3 Å². The zero-order valence-electron chi connectivity index (χ0n) is 20.7. The first-order valence-electron chi connectivity index (χ1n) is 11.9. The molecule has 0 saturated carbocycles. The molecule has 3 aromatic heterocycles. The smallest absolute Gasteiger partial charge is 0.410 e. The van der Waals surface area contributed by atoms with E-state index < -0.39 is 17.0 Å². The maximum atomic E-state index is 14.6. The summed E-state index contributed by atoms with van der Waals surface area (Å²) in [5, 5.41) is 0.755. The van der Waals surface area contributed by atoms with Crippen LogP contribution in [0, 0.1) is 18.2 Å². The van der Waals surface area contributed by atoms with Crippen molar-refractivity contribution in [3.63, 3.8) is 0 Å². The standard InChI is InChI=1S/C27H27FN4O4/c1-16-10-30-11-18(8-21(28)23(30)29-16)20-7-17-5-6-19(9-22(17)35-24(20)33)31-12-27(13-31)14-32(15-27)25(34)36-26(2,3)4/h5-11H,12-15H2,1-4H3. The number of hydrogen-bond acceptors (Lipinski definition) is 6. The Kier molecular flexibility index (Phi) is 4.74. The van der Waals surface area contributed by atoms with Gasteiger partial charge < -0.3 is 23.4 Å². The summed E-state index contributed by atoms with van der Waals surface area (Å²) in [4.78, 5) is 33.2. The van der Waals surface area contributed by atoms with Gasteiger partial charge in [0.05, 0.1) is 11.3 Å². The second kappa shape index (κ2) is 7.56. The summed E-state index contributed by atoms with van der Waals surface area (Å²) in [7, 11) is 0. The minimum Gasteiger partial charge on any atom is -0.444 e. The third kappa shape index (κ3) is 3.79. The lowest BCUT2D eigenvalue weighted by atomic mass is 9.73. The number of carbonyl (C=O) groups excluding carboxylic acids is 1. The van der Waals surface area contributed by atoms with Crippen molar-refractivity contribution in [3.8, 4) is 11.1 Å². The molecule has 186 valence electrons. The summed E-state index contributed by atoms with van der Waals surface area (Å²) in [6, 6.07) is 8.81. The molecule has 0 atom stereocenters. The third-order valence-corrected chi connectivity index (χ3v) is 6.78. The number of hydrogen-bond donors (Lipinski definition) is 0. The number of anilines is 1. The van der Waals surface area contributed by atoms with Crippen LogP contribution in [0.5, 0.6) is 0 Å². The SMILES string of the molecule is Cc1cn2cc(-c3cc4ccc(N5CC6(CN(C(=O)OC(C)(C)C)C6)C5)cc4oc3=O)cc(F)c2n1. The molecule has 0 aliphatic carbocycles. The Hall–Kier alpha value is -3.88. The van der Waals surface area contributed by atoms with Crippen molar-refractivity contribution < 1.29 is 18.3 Å². The van der Waals surface area contributed by atoms with E-state index in [9.17, 15) is 14.0 Å². The van der Waals surface area contributed by atoms with Crippen LogP contribution in [0.1, 0.15) is 26.5 Å². The van der Waals surface area contributed by atoms with E-state index in [1.54, 1.807) is 34.7 Å². The molecule has 9 heteroatoms. The Bertz CT molecular complexity index is 1590. The van der Waals surface area contributed by atoms with Gasteiger partial charge in [0, 0.05) is 66.7 Å². The van der Waals surface area contributed by atoms with Gasteiger partial charge in [-0.25, -0.2) is 19.0 Å². The number of imidazole rings is 1. The number of aromatic nitrogens is 2. The van der Waals surface area contributed by atoms with Gasteiger partial charge in [-0.1, -0.05) is 0 Å². The van der Waals surface area contributed by atoms with Gasteiger partial charge in [0.25, 0.3) is 0 Å². The molecule has 1 aromatic carbocycles. The van der Waals surface area contributed by atoms with E-state index in [0.717, 1.165) is 24.2 Å². The van der Waals surface area contributed by atoms with Gasteiger partial charge in [-0.3, -0.25) is 0 Å². The molecule has 1 amide bonds. The molecule has 0 unspecified atom stereocenters. The fourth-order valence-electron chi connectivity index (χ4n) is 5.19. The zero-order valence-corrected chi connectivity index (χ0v) is 20.7. The minimum atomic E-state index is -0.526. The molecule has 0 radical (unpaired) electrons. The summed E-state index contributed by atoms with van der Waals surface area (Å²) in [6.07, 6.45) is 3.13. The third-order valence-electron chi connectivity index (χ3n) is 6.78.